The Labute approximate surface area is 118 Å². The van der Waals surface area contributed by atoms with Crippen molar-refractivity contribution >= 4 is 17.7 Å². The fourth-order valence-corrected chi connectivity index (χ4v) is 3.51. The van der Waals surface area contributed by atoms with E-state index < -0.39 is 0 Å². The molecule has 0 aliphatic carbocycles. The lowest BCUT2D eigenvalue weighted by Gasteiger charge is -2.28. The quantitative estimate of drug-likeness (QED) is 0.777. The third kappa shape index (κ3) is 4.16. The van der Waals surface area contributed by atoms with Crippen molar-refractivity contribution in [2.75, 3.05) is 25.2 Å². The van der Waals surface area contributed by atoms with Crippen molar-refractivity contribution in [3.8, 4) is 5.75 Å². The summed E-state index contributed by atoms with van der Waals surface area (Å²) in [5.41, 5.74) is 0. The van der Waals surface area contributed by atoms with Gasteiger partial charge in [-0.1, -0.05) is 18.2 Å². The molecule has 0 bridgehead atoms. The molecule has 0 N–H and O–H groups in total. The Balaban J connectivity index is 1.95. The zero-order valence-corrected chi connectivity index (χ0v) is 12.0. The van der Waals surface area contributed by atoms with Crippen LogP contribution in [-0.2, 0) is 9.53 Å². The highest BCUT2D eigenvalue weighted by Crippen LogP contribution is 2.30. The first-order valence-corrected chi connectivity index (χ1v) is 7.80. The summed E-state index contributed by atoms with van der Waals surface area (Å²) in [5, 5.41) is 0. The van der Waals surface area contributed by atoms with Crippen molar-refractivity contribution in [2.45, 2.75) is 12.8 Å². The fraction of sp³-hybridized carbons (Fsp3) is 0.533. The Morgan fingerprint density at radius 1 is 1.32 bits per heavy atom. The minimum atomic E-state index is -0.147. The first kappa shape index (κ1) is 14.3. The first-order chi connectivity index (χ1) is 9.31. The zero-order chi connectivity index (χ0) is 13.5. The number of para-hydroxylation sites is 1. The zero-order valence-electron chi connectivity index (χ0n) is 11.2. The van der Waals surface area contributed by atoms with Gasteiger partial charge in [0.15, 0.2) is 0 Å². The molecule has 4 heteroatoms. The summed E-state index contributed by atoms with van der Waals surface area (Å²) >= 11 is 1.96. The topological polar surface area (TPSA) is 35.5 Å². The predicted octanol–water partition coefficient (Wildman–Crippen LogP) is 3.00. The van der Waals surface area contributed by atoms with Crippen LogP contribution in [0.1, 0.15) is 12.8 Å². The molecule has 1 fully saturated rings. The van der Waals surface area contributed by atoms with Crippen molar-refractivity contribution in [1.29, 1.82) is 0 Å². The van der Waals surface area contributed by atoms with Crippen LogP contribution in [0.25, 0.3) is 0 Å². The Kier molecular flexibility index (Phi) is 5.58. The van der Waals surface area contributed by atoms with Gasteiger partial charge in [0, 0.05) is 0 Å². The van der Waals surface area contributed by atoms with Crippen LogP contribution in [0.4, 0.5) is 0 Å². The summed E-state index contributed by atoms with van der Waals surface area (Å²) in [6.07, 6.45) is 2.14. The lowest BCUT2D eigenvalue weighted by molar-refractivity contribution is -0.148. The van der Waals surface area contributed by atoms with E-state index in [0.717, 1.165) is 30.1 Å². The second kappa shape index (κ2) is 7.43. The van der Waals surface area contributed by atoms with Gasteiger partial charge in [0.25, 0.3) is 0 Å². The van der Waals surface area contributed by atoms with E-state index in [-0.39, 0.29) is 11.9 Å². The molecular weight excluding hydrogens is 260 g/mol. The van der Waals surface area contributed by atoms with Crippen molar-refractivity contribution in [2.24, 2.45) is 11.8 Å². The SMILES string of the molecule is COC(=O)C(COc1ccccc1)C1CCSCC1. The van der Waals surface area contributed by atoms with Gasteiger partial charge in [-0.2, -0.15) is 11.8 Å². The van der Waals surface area contributed by atoms with Crippen LogP contribution >= 0.6 is 11.8 Å². The van der Waals surface area contributed by atoms with Crippen molar-refractivity contribution < 1.29 is 14.3 Å². The number of benzene rings is 1. The molecule has 0 amide bonds. The summed E-state index contributed by atoms with van der Waals surface area (Å²) in [6, 6.07) is 9.62. The number of methoxy groups -OCH3 is 1. The van der Waals surface area contributed by atoms with Gasteiger partial charge in [0.1, 0.15) is 12.4 Å². The van der Waals surface area contributed by atoms with E-state index in [0.29, 0.717) is 12.5 Å². The van der Waals surface area contributed by atoms with E-state index in [4.69, 9.17) is 9.47 Å². The number of esters is 1. The van der Waals surface area contributed by atoms with Gasteiger partial charge in [-0.3, -0.25) is 4.79 Å². The fourth-order valence-electron chi connectivity index (χ4n) is 2.37. The van der Waals surface area contributed by atoms with Gasteiger partial charge in [0.05, 0.1) is 13.0 Å². The Bertz CT molecular complexity index is 388. The number of hydrogen-bond donors (Lipinski definition) is 0. The molecule has 1 aromatic rings. The normalized spacial score (nSPS) is 17.7. The van der Waals surface area contributed by atoms with Crippen LogP contribution in [0, 0.1) is 11.8 Å². The molecule has 0 aromatic heterocycles. The highest BCUT2D eigenvalue weighted by atomic mass is 32.2. The van der Waals surface area contributed by atoms with Crippen LogP contribution < -0.4 is 4.74 Å². The maximum atomic E-state index is 11.9. The van der Waals surface area contributed by atoms with Gasteiger partial charge in [-0.05, 0) is 42.4 Å². The largest absolute Gasteiger partial charge is 0.493 e. The van der Waals surface area contributed by atoms with E-state index in [9.17, 15) is 4.79 Å². The predicted molar refractivity (Wildman–Crippen MR) is 77.5 cm³/mol. The second-order valence-electron chi connectivity index (χ2n) is 4.70. The summed E-state index contributed by atoms with van der Waals surface area (Å²) in [7, 11) is 1.45. The monoisotopic (exact) mass is 280 g/mol. The molecule has 0 saturated carbocycles. The van der Waals surface area contributed by atoms with E-state index in [2.05, 4.69) is 0 Å². The standard InChI is InChI=1S/C15H20O3S/c1-17-15(16)14(12-7-9-19-10-8-12)11-18-13-5-3-2-4-6-13/h2-6,12,14H,7-11H2,1H3. The third-order valence-electron chi connectivity index (χ3n) is 3.51. The summed E-state index contributed by atoms with van der Waals surface area (Å²) in [4.78, 5) is 11.9. The summed E-state index contributed by atoms with van der Waals surface area (Å²) < 4.78 is 10.7. The van der Waals surface area contributed by atoms with Gasteiger partial charge in [0.2, 0.25) is 0 Å². The van der Waals surface area contributed by atoms with Gasteiger partial charge in [-0.25, -0.2) is 0 Å². The molecule has 3 nitrogen and oxygen atoms in total. The van der Waals surface area contributed by atoms with Crippen LogP contribution in [0.3, 0.4) is 0 Å². The van der Waals surface area contributed by atoms with Crippen molar-refractivity contribution in [3.05, 3.63) is 30.3 Å². The number of carbonyl (C=O) groups excluding carboxylic acids is 1. The number of thioether (sulfide) groups is 1. The van der Waals surface area contributed by atoms with Gasteiger partial charge < -0.3 is 9.47 Å². The number of ether oxygens (including phenoxy) is 2. The average molecular weight is 280 g/mol. The summed E-state index contributed by atoms with van der Waals surface area (Å²) in [6.45, 7) is 0.409. The number of carbonyl (C=O) groups is 1. The van der Waals surface area contributed by atoms with Crippen molar-refractivity contribution in [1.82, 2.24) is 0 Å². The smallest absolute Gasteiger partial charge is 0.312 e. The molecule has 104 valence electrons. The third-order valence-corrected chi connectivity index (χ3v) is 4.56. The van der Waals surface area contributed by atoms with E-state index >= 15 is 0 Å². The molecule has 1 saturated heterocycles. The van der Waals surface area contributed by atoms with Gasteiger partial charge in [-0.15, -0.1) is 0 Å². The van der Waals surface area contributed by atoms with Crippen LogP contribution in [0.5, 0.6) is 5.75 Å². The highest BCUT2D eigenvalue weighted by Gasteiger charge is 2.31. The lowest BCUT2D eigenvalue weighted by Crippen LogP contribution is -2.32. The molecule has 1 aromatic carbocycles. The average Bonchev–Trinajstić information content (AvgIpc) is 2.49. The van der Waals surface area contributed by atoms with Crippen LogP contribution in [-0.4, -0.2) is 31.2 Å². The second-order valence-corrected chi connectivity index (χ2v) is 5.93. The molecule has 1 aliphatic rings. The summed E-state index contributed by atoms with van der Waals surface area (Å²) in [5.74, 6) is 3.16. The molecule has 1 aliphatic heterocycles. The molecule has 1 atom stereocenters. The first-order valence-electron chi connectivity index (χ1n) is 6.64. The van der Waals surface area contributed by atoms with E-state index in [1.807, 2.05) is 42.1 Å². The molecule has 1 unspecified atom stereocenters. The molecule has 0 spiro atoms. The molecule has 19 heavy (non-hydrogen) atoms. The van der Waals surface area contributed by atoms with E-state index in [1.54, 1.807) is 0 Å². The van der Waals surface area contributed by atoms with Crippen LogP contribution in [0.2, 0.25) is 0 Å². The maximum Gasteiger partial charge on any atom is 0.312 e. The molecular formula is C15H20O3S. The Morgan fingerprint density at radius 2 is 2.00 bits per heavy atom. The minimum absolute atomic E-state index is 0.146. The van der Waals surface area contributed by atoms with Gasteiger partial charge >= 0.3 is 5.97 Å². The number of rotatable bonds is 5. The Morgan fingerprint density at radius 3 is 2.63 bits per heavy atom. The highest BCUT2D eigenvalue weighted by molar-refractivity contribution is 7.99. The lowest BCUT2D eigenvalue weighted by atomic mass is 9.88. The molecule has 1 heterocycles. The molecule has 2 rings (SSSR count). The molecule has 0 radical (unpaired) electrons. The van der Waals surface area contributed by atoms with Crippen molar-refractivity contribution in [3.63, 3.8) is 0 Å². The van der Waals surface area contributed by atoms with Crippen LogP contribution in [0.15, 0.2) is 30.3 Å². The minimum Gasteiger partial charge on any atom is -0.493 e. The number of hydrogen-bond acceptors (Lipinski definition) is 4. The maximum absolute atomic E-state index is 11.9. The Hall–Kier alpha value is -1.16. The van der Waals surface area contributed by atoms with E-state index in [1.165, 1.54) is 7.11 Å².